The zero-order chi connectivity index (χ0) is 29.9. The molecule has 4 aromatic rings. The van der Waals surface area contributed by atoms with Gasteiger partial charge < -0.3 is 15.5 Å². The molecule has 9 nitrogen and oxygen atoms in total. The van der Waals surface area contributed by atoms with Gasteiger partial charge in [0.15, 0.2) is 0 Å². The van der Waals surface area contributed by atoms with Crippen LogP contribution in [0.5, 0.6) is 0 Å². The van der Waals surface area contributed by atoms with Crippen molar-refractivity contribution in [2.45, 2.75) is 19.6 Å². The molecule has 1 saturated heterocycles. The van der Waals surface area contributed by atoms with Crippen molar-refractivity contribution in [3.8, 4) is 11.3 Å². The molecule has 42 heavy (non-hydrogen) atoms. The van der Waals surface area contributed by atoms with Crippen LogP contribution in [0.1, 0.15) is 27.0 Å². The SMILES string of the molecule is Cc1ccc(C(=O)Nc2ccc(CN3CC(CN(C)C)C3)c(C(F)(F)F)c2)cc1Nc1nccc(-c2cncnc2)n1. The smallest absolute Gasteiger partial charge is 0.324 e. The number of hydrogen-bond acceptors (Lipinski definition) is 8. The van der Waals surface area contributed by atoms with Crippen molar-refractivity contribution >= 4 is 23.2 Å². The summed E-state index contributed by atoms with van der Waals surface area (Å²) in [4.78, 5) is 33.9. The number of anilines is 3. The van der Waals surface area contributed by atoms with E-state index in [9.17, 15) is 18.0 Å². The van der Waals surface area contributed by atoms with E-state index in [1.807, 2.05) is 25.9 Å². The van der Waals surface area contributed by atoms with Gasteiger partial charge in [-0.15, -0.1) is 0 Å². The lowest BCUT2D eigenvalue weighted by atomic mass is 9.97. The van der Waals surface area contributed by atoms with Gasteiger partial charge in [0.05, 0.1) is 11.3 Å². The summed E-state index contributed by atoms with van der Waals surface area (Å²) in [6, 6.07) is 10.7. The molecule has 0 aliphatic carbocycles. The van der Waals surface area contributed by atoms with E-state index in [0.29, 0.717) is 23.2 Å². The number of likely N-dealkylation sites (tertiary alicyclic amines) is 1. The Morgan fingerprint density at radius 2 is 1.83 bits per heavy atom. The summed E-state index contributed by atoms with van der Waals surface area (Å²) >= 11 is 0. The molecule has 1 aliphatic rings. The van der Waals surface area contributed by atoms with Crippen LogP contribution in [0.3, 0.4) is 0 Å². The number of hydrogen-bond donors (Lipinski definition) is 2. The van der Waals surface area contributed by atoms with Gasteiger partial charge in [-0.25, -0.2) is 19.9 Å². The van der Waals surface area contributed by atoms with E-state index >= 15 is 0 Å². The highest BCUT2D eigenvalue weighted by atomic mass is 19.4. The number of alkyl halides is 3. The molecule has 0 atom stereocenters. The van der Waals surface area contributed by atoms with Crippen LogP contribution in [0.4, 0.5) is 30.5 Å². The van der Waals surface area contributed by atoms with Gasteiger partial charge in [0.25, 0.3) is 5.91 Å². The van der Waals surface area contributed by atoms with Crippen molar-refractivity contribution in [3.63, 3.8) is 0 Å². The maximum Gasteiger partial charge on any atom is 0.416 e. The Balaban J connectivity index is 1.29. The zero-order valence-corrected chi connectivity index (χ0v) is 23.5. The number of rotatable bonds is 9. The Morgan fingerprint density at radius 3 is 2.55 bits per heavy atom. The molecule has 0 unspecified atom stereocenters. The van der Waals surface area contributed by atoms with Crippen LogP contribution in [0, 0.1) is 12.8 Å². The molecular weight excluding hydrogens is 545 g/mol. The maximum absolute atomic E-state index is 14.0. The molecule has 1 fully saturated rings. The van der Waals surface area contributed by atoms with E-state index in [2.05, 4.69) is 35.5 Å². The minimum Gasteiger partial charge on any atom is -0.324 e. The van der Waals surface area contributed by atoms with Crippen molar-refractivity contribution in [3.05, 3.63) is 89.6 Å². The normalized spacial score (nSPS) is 14.1. The molecule has 0 spiro atoms. The zero-order valence-electron chi connectivity index (χ0n) is 23.5. The lowest BCUT2D eigenvalue weighted by Gasteiger charge is -2.41. The van der Waals surface area contributed by atoms with Gasteiger partial charge in [-0.2, -0.15) is 13.2 Å². The highest BCUT2D eigenvalue weighted by Crippen LogP contribution is 2.35. The Labute approximate surface area is 241 Å². The second-order valence-electron chi connectivity index (χ2n) is 10.7. The van der Waals surface area contributed by atoms with Crippen molar-refractivity contribution < 1.29 is 18.0 Å². The minimum atomic E-state index is -4.55. The van der Waals surface area contributed by atoms with Crippen LogP contribution in [-0.2, 0) is 12.7 Å². The Hall–Kier alpha value is -4.42. The molecule has 1 aliphatic heterocycles. The van der Waals surface area contributed by atoms with E-state index in [1.54, 1.807) is 42.9 Å². The summed E-state index contributed by atoms with van der Waals surface area (Å²) in [7, 11) is 3.97. The fraction of sp³-hybridized carbons (Fsp3) is 0.300. The number of nitrogens with one attached hydrogen (secondary N) is 2. The number of aryl methyl sites for hydroxylation is 1. The van der Waals surface area contributed by atoms with Crippen LogP contribution >= 0.6 is 0 Å². The summed E-state index contributed by atoms with van der Waals surface area (Å²) in [5.41, 5.74) is 2.52. The summed E-state index contributed by atoms with van der Waals surface area (Å²) in [6.07, 6.45) is 1.75. The van der Waals surface area contributed by atoms with Gasteiger partial charge in [-0.1, -0.05) is 12.1 Å². The summed E-state index contributed by atoms with van der Waals surface area (Å²) in [5, 5.41) is 5.74. The first kappa shape index (κ1) is 29.1. The molecule has 1 amide bonds. The number of benzene rings is 2. The molecule has 3 heterocycles. The van der Waals surface area contributed by atoms with E-state index < -0.39 is 17.6 Å². The van der Waals surface area contributed by atoms with Crippen LogP contribution in [0.2, 0.25) is 0 Å². The van der Waals surface area contributed by atoms with E-state index in [4.69, 9.17) is 0 Å². The fourth-order valence-electron chi connectivity index (χ4n) is 4.97. The van der Waals surface area contributed by atoms with Crippen LogP contribution < -0.4 is 10.6 Å². The lowest BCUT2D eigenvalue weighted by Crippen LogP contribution is -2.49. The van der Waals surface area contributed by atoms with Gasteiger partial charge >= 0.3 is 6.18 Å². The van der Waals surface area contributed by atoms with E-state index in [1.165, 1.54) is 18.5 Å². The Kier molecular flexibility index (Phi) is 8.46. The predicted octanol–water partition coefficient (Wildman–Crippen LogP) is 5.25. The first-order valence-corrected chi connectivity index (χ1v) is 13.4. The third-order valence-corrected chi connectivity index (χ3v) is 6.98. The van der Waals surface area contributed by atoms with Crippen molar-refractivity contribution in [2.24, 2.45) is 5.92 Å². The van der Waals surface area contributed by atoms with Gasteiger partial charge in [0.1, 0.15) is 6.33 Å². The molecule has 2 aromatic heterocycles. The average molecular weight is 577 g/mol. The first-order chi connectivity index (χ1) is 20.0. The molecule has 0 bridgehead atoms. The third kappa shape index (κ3) is 7.07. The highest BCUT2D eigenvalue weighted by molar-refractivity contribution is 6.05. The van der Waals surface area contributed by atoms with Crippen molar-refractivity contribution in [2.75, 3.05) is 44.4 Å². The molecular formula is C30H31F3N8O. The Morgan fingerprint density at radius 1 is 1.07 bits per heavy atom. The predicted molar refractivity (Wildman–Crippen MR) is 154 cm³/mol. The number of carbonyl (C=O) groups is 1. The van der Waals surface area contributed by atoms with Crippen LogP contribution in [-0.4, -0.2) is 69.4 Å². The molecule has 0 saturated carbocycles. The maximum atomic E-state index is 14.0. The lowest BCUT2D eigenvalue weighted by molar-refractivity contribution is -0.138. The molecule has 218 valence electrons. The molecule has 2 N–H and O–H groups in total. The molecule has 0 radical (unpaired) electrons. The van der Waals surface area contributed by atoms with Crippen LogP contribution in [0.25, 0.3) is 11.3 Å². The Bertz CT molecular complexity index is 1560. The first-order valence-electron chi connectivity index (χ1n) is 13.4. The van der Waals surface area contributed by atoms with Gasteiger partial charge in [0, 0.05) is 67.3 Å². The second kappa shape index (κ2) is 12.2. The number of halogens is 3. The molecule has 12 heteroatoms. The molecule has 2 aromatic carbocycles. The second-order valence-corrected chi connectivity index (χ2v) is 10.7. The standard InChI is InChI=1S/C30H31F3N8O/c1-19-4-5-21(10-27(19)39-29-36-9-8-26(38-29)23-12-34-18-35-13-23)28(42)37-24-7-6-22(25(11-24)30(31,32)33)17-41-15-20(16-41)14-40(2)3/h4-13,18,20H,14-17H2,1-3H3,(H,37,42)(H,36,38,39). The summed E-state index contributed by atoms with van der Waals surface area (Å²) < 4.78 is 42.0. The number of aromatic nitrogens is 4. The third-order valence-electron chi connectivity index (χ3n) is 6.98. The average Bonchev–Trinajstić information content (AvgIpc) is 2.93. The minimum absolute atomic E-state index is 0.0707. The number of carbonyl (C=O) groups excluding carboxylic acids is 1. The summed E-state index contributed by atoms with van der Waals surface area (Å²) in [6.45, 7) is 4.49. The van der Waals surface area contributed by atoms with Gasteiger partial charge in [-0.05, 0) is 68.4 Å². The van der Waals surface area contributed by atoms with Crippen molar-refractivity contribution in [1.82, 2.24) is 29.7 Å². The van der Waals surface area contributed by atoms with Gasteiger partial charge in [-0.3, -0.25) is 9.69 Å². The largest absolute Gasteiger partial charge is 0.416 e. The summed E-state index contributed by atoms with van der Waals surface area (Å²) in [5.74, 6) is 0.220. The van der Waals surface area contributed by atoms with E-state index in [0.717, 1.165) is 36.8 Å². The van der Waals surface area contributed by atoms with Crippen molar-refractivity contribution in [1.29, 1.82) is 0 Å². The monoisotopic (exact) mass is 576 g/mol. The van der Waals surface area contributed by atoms with Crippen LogP contribution in [0.15, 0.2) is 67.4 Å². The highest BCUT2D eigenvalue weighted by Gasteiger charge is 2.35. The fourth-order valence-corrected chi connectivity index (χ4v) is 4.97. The van der Waals surface area contributed by atoms with E-state index in [-0.39, 0.29) is 23.4 Å². The van der Waals surface area contributed by atoms with Gasteiger partial charge in [0.2, 0.25) is 5.95 Å². The number of nitrogens with zero attached hydrogens (tertiary/aromatic N) is 6. The number of amides is 1. The topological polar surface area (TPSA) is 99.2 Å². The quantitative estimate of drug-likeness (QED) is 0.279. The molecule has 5 rings (SSSR count).